The molecule has 0 spiro atoms. The van der Waals surface area contributed by atoms with E-state index in [0.717, 1.165) is 48.8 Å². The molecule has 1 heterocycles. The lowest BCUT2D eigenvalue weighted by Crippen LogP contribution is -2.01. The van der Waals surface area contributed by atoms with Crippen LogP contribution in [0, 0.1) is 5.92 Å². The van der Waals surface area contributed by atoms with Crippen molar-refractivity contribution in [2.45, 2.75) is 38.5 Å². The first kappa shape index (κ1) is 13.3. The fourth-order valence-electron chi connectivity index (χ4n) is 2.13. The molecule has 0 saturated heterocycles. The van der Waals surface area contributed by atoms with Gasteiger partial charge in [-0.25, -0.2) is 0 Å². The maximum Gasteiger partial charge on any atom is 0.153 e. The molecule has 1 saturated carbocycles. The number of carbonyl (C=O) groups excluding carboxylic acids is 2. The standard InChI is InChI=1S/C10H13NOS.C4H6O/c1-11-10-8(6-12)7-4-2-3-5-9(7)13-10;5-3-4-1-2-4/h6,11H,2-5H2,1H3;3-4H,1-2H2. The number of carbonyl (C=O) groups is 2. The molecule has 1 fully saturated rings. The Morgan fingerprint density at radius 1 is 1.22 bits per heavy atom. The van der Waals surface area contributed by atoms with Crippen molar-refractivity contribution in [1.29, 1.82) is 0 Å². The van der Waals surface area contributed by atoms with Gasteiger partial charge in [0.15, 0.2) is 6.29 Å². The minimum absolute atomic E-state index is 0.454. The van der Waals surface area contributed by atoms with E-state index in [9.17, 15) is 9.59 Å². The maximum atomic E-state index is 10.9. The number of hydrogen-bond donors (Lipinski definition) is 1. The van der Waals surface area contributed by atoms with Gasteiger partial charge in [-0.3, -0.25) is 4.79 Å². The Bertz CT molecular complexity index is 435. The van der Waals surface area contributed by atoms with Crippen molar-refractivity contribution in [2.75, 3.05) is 12.4 Å². The number of rotatable bonds is 3. The van der Waals surface area contributed by atoms with Gasteiger partial charge in [0.05, 0.1) is 10.6 Å². The van der Waals surface area contributed by atoms with E-state index in [1.807, 2.05) is 7.05 Å². The van der Waals surface area contributed by atoms with Gasteiger partial charge < -0.3 is 10.1 Å². The van der Waals surface area contributed by atoms with Gasteiger partial charge in [0, 0.05) is 17.8 Å². The van der Waals surface area contributed by atoms with Crippen LogP contribution in [0.3, 0.4) is 0 Å². The van der Waals surface area contributed by atoms with Gasteiger partial charge in [-0.1, -0.05) is 0 Å². The molecule has 0 aromatic carbocycles. The van der Waals surface area contributed by atoms with Crippen LogP contribution in [0.15, 0.2) is 0 Å². The predicted octanol–water partition coefficient (Wildman–Crippen LogP) is 3.08. The van der Waals surface area contributed by atoms with Crippen molar-refractivity contribution < 1.29 is 9.59 Å². The molecule has 1 aromatic heterocycles. The first-order chi connectivity index (χ1) is 8.80. The summed E-state index contributed by atoms with van der Waals surface area (Å²) in [6, 6.07) is 0. The Morgan fingerprint density at radius 3 is 2.44 bits per heavy atom. The van der Waals surface area contributed by atoms with E-state index in [-0.39, 0.29) is 0 Å². The molecule has 18 heavy (non-hydrogen) atoms. The SMILES string of the molecule is CNc1sc2c(c1C=O)CCCC2.O=CC1CC1. The zero-order valence-corrected chi connectivity index (χ0v) is 11.5. The van der Waals surface area contributed by atoms with Gasteiger partial charge in [-0.15, -0.1) is 11.3 Å². The fourth-order valence-corrected chi connectivity index (χ4v) is 3.34. The van der Waals surface area contributed by atoms with Crippen LogP contribution >= 0.6 is 11.3 Å². The second-order valence-electron chi connectivity index (χ2n) is 4.80. The van der Waals surface area contributed by atoms with Crippen LogP contribution in [-0.4, -0.2) is 19.6 Å². The molecule has 0 bridgehead atoms. The van der Waals surface area contributed by atoms with E-state index >= 15 is 0 Å². The van der Waals surface area contributed by atoms with Gasteiger partial charge in [0.1, 0.15) is 6.29 Å². The van der Waals surface area contributed by atoms with Gasteiger partial charge in [0.2, 0.25) is 0 Å². The average molecular weight is 265 g/mol. The summed E-state index contributed by atoms with van der Waals surface area (Å²) in [6.07, 6.45) is 9.05. The average Bonchev–Trinajstić information content (AvgIpc) is 3.19. The third-order valence-electron chi connectivity index (χ3n) is 3.37. The lowest BCUT2D eigenvalue weighted by atomic mass is 9.96. The lowest BCUT2D eigenvalue weighted by molar-refractivity contribution is -0.108. The number of thiophene rings is 1. The number of aryl methyl sites for hydroxylation is 1. The molecular formula is C14H19NO2S. The Hall–Kier alpha value is -1.16. The summed E-state index contributed by atoms with van der Waals surface area (Å²) in [5.74, 6) is 0.454. The summed E-state index contributed by atoms with van der Waals surface area (Å²) in [6.45, 7) is 0. The monoisotopic (exact) mass is 265 g/mol. The molecule has 98 valence electrons. The molecule has 0 atom stereocenters. The Labute approximate surface area is 112 Å². The summed E-state index contributed by atoms with van der Waals surface area (Å²) in [4.78, 5) is 21.9. The van der Waals surface area contributed by atoms with Gasteiger partial charge in [0.25, 0.3) is 0 Å². The predicted molar refractivity (Wildman–Crippen MR) is 74.7 cm³/mol. The summed E-state index contributed by atoms with van der Waals surface area (Å²) in [5.41, 5.74) is 2.21. The van der Waals surface area contributed by atoms with Crippen LogP contribution in [-0.2, 0) is 17.6 Å². The van der Waals surface area contributed by atoms with Gasteiger partial charge in [-0.2, -0.15) is 0 Å². The van der Waals surface area contributed by atoms with E-state index in [0.29, 0.717) is 5.92 Å². The highest BCUT2D eigenvalue weighted by Crippen LogP contribution is 2.36. The second kappa shape index (κ2) is 6.14. The minimum Gasteiger partial charge on any atom is -0.379 e. The molecule has 0 amide bonds. The third kappa shape index (κ3) is 2.99. The highest BCUT2D eigenvalue weighted by atomic mass is 32.1. The van der Waals surface area contributed by atoms with E-state index < -0.39 is 0 Å². The highest BCUT2D eigenvalue weighted by Gasteiger charge is 2.19. The molecule has 1 aromatic rings. The summed E-state index contributed by atoms with van der Waals surface area (Å²) in [7, 11) is 1.88. The van der Waals surface area contributed by atoms with Crippen LogP contribution in [0.2, 0.25) is 0 Å². The normalized spacial score (nSPS) is 17.2. The van der Waals surface area contributed by atoms with Crippen molar-refractivity contribution >= 4 is 28.9 Å². The van der Waals surface area contributed by atoms with Crippen LogP contribution in [0.1, 0.15) is 46.5 Å². The van der Waals surface area contributed by atoms with Crippen LogP contribution in [0.5, 0.6) is 0 Å². The molecule has 1 N–H and O–H groups in total. The number of nitrogens with one attached hydrogen (secondary N) is 1. The lowest BCUT2D eigenvalue weighted by Gasteiger charge is -2.09. The smallest absolute Gasteiger partial charge is 0.153 e. The zero-order valence-electron chi connectivity index (χ0n) is 10.7. The Morgan fingerprint density at radius 2 is 1.94 bits per heavy atom. The van der Waals surface area contributed by atoms with Crippen molar-refractivity contribution in [3.8, 4) is 0 Å². The van der Waals surface area contributed by atoms with E-state index in [2.05, 4.69) is 5.32 Å². The molecule has 2 aliphatic carbocycles. The molecule has 4 heteroatoms. The first-order valence-corrected chi connectivity index (χ1v) is 7.34. The number of hydrogen-bond acceptors (Lipinski definition) is 4. The van der Waals surface area contributed by atoms with Crippen molar-refractivity contribution in [1.82, 2.24) is 0 Å². The van der Waals surface area contributed by atoms with Crippen molar-refractivity contribution in [3.05, 3.63) is 16.0 Å². The van der Waals surface area contributed by atoms with Crippen LogP contribution in [0.25, 0.3) is 0 Å². The zero-order chi connectivity index (χ0) is 13.0. The van der Waals surface area contributed by atoms with Crippen molar-refractivity contribution in [2.24, 2.45) is 5.92 Å². The number of anilines is 1. The molecule has 3 rings (SSSR count). The first-order valence-electron chi connectivity index (χ1n) is 6.53. The molecule has 0 radical (unpaired) electrons. The molecule has 0 aliphatic heterocycles. The fraction of sp³-hybridized carbons (Fsp3) is 0.571. The Kier molecular flexibility index (Phi) is 4.53. The van der Waals surface area contributed by atoms with Gasteiger partial charge in [-0.05, 0) is 44.1 Å². The maximum absolute atomic E-state index is 10.9. The van der Waals surface area contributed by atoms with Crippen molar-refractivity contribution in [3.63, 3.8) is 0 Å². The second-order valence-corrected chi connectivity index (χ2v) is 5.90. The number of aldehydes is 2. The van der Waals surface area contributed by atoms with E-state index in [4.69, 9.17) is 0 Å². The topological polar surface area (TPSA) is 46.2 Å². The molecule has 0 unspecified atom stereocenters. The summed E-state index contributed by atoms with van der Waals surface area (Å²) >= 11 is 1.74. The van der Waals surface area contributed by atoms with Gasteiger partial charge >= 0.3 is 0 Å². The third-order valence-corrected chi connectivity index (χ3v) is 4.70. The molecular weight excluding hydrogens is 246 g/mol. The quantitative estimate of drug-likeness (QED) is 0.854. The number of fused-ring (bicyclic) bond motifs is 1. The summed E-state index contributed by atoms with van der Waals surface area (Å²) in [5, 5.41) is 4.13. The minimum atomic E-state index is 0.454. The Balaban J connectivity index is 0.000000202. The largest absolute Gasteiger partial charge is 0.379 e. The summed E-state index contributed by atoms with van der Waals surface area (Å²) < 4.78 is 0. The van der Waals surface area contributed by atoms with Crippen LogP contribution in [0.4, 0.5) is 5.00 Å². The molecule has 3 nitrogen and oxygen atoms in total. The van der Waals surface area contributed by atoms with E-state index in [1.54, 1.807) is 11.3 Å². The highest BCUT2D eigenvalue weighted by molar-refractivity contribution is 7.16. The van der Waals surface area contributed by atoms with Crippen LogP contribution < -0.4 is 5.32 Å². The van der Waals surface area contributed by atoms with E-state index in [1.165, 1.54) is 23.3 Å². The molecule has 2 aliphatic rings.